The second-order valence-electron chi connectivity index (χ2n) is 6.23. The molecule has 1 amide bonds. The number of nitrogens with zero attached hydrogens (tertiary/aromatic N) is 1. The van der Waals surface area contributed by atoms with Gasteiger partial charge in [-0.05, 0) is 47.7 Å². The van der Waals surface area contributed by atoms with Crippen molar-refractivity contribution in [3.05, 3.63) is 77.4 Å². The van der Waals surface area contributed by atoms with Gasteiger partial charge in [-0.3, -0.25) is 9.78 Å². The van der Waals surface area contributed by atoms with Gasteiger partial charge in [0, 0.05) is 24.3 Å². The number of alkyl halides is 3. The summed E-state index contributed by atoms with van der Waals surface area (Å²) in [5, 5.41) is 4.34. The molecule has 3 aromatic rings. The van der Waals surface area contributed by atoms with E-state index in [1.54, 1.807) is 25.4 Å². The topological polar surface area (TPSA) is 42.0 Å². The maximum absolute atomic E-state index is 13.5. The number of carbonyl (C=O) groups is 1. The average molecular weight is 376 g/mol. The van der Waals surface area contributed by atoms with Crippen molar-refractivity contribution in [1.82, 2.24) is 10.3 Å². The molecule has 1 atom stereocenters. The first-order valence-corrected chi connectivity index (χ1v) is 8.23. The highest BCUT2D eigenvalue weighted by atomic mass is 19.4. The van der Waals surface area contributed by atoms with Crippen molar-refractivity contribution in [3.8, 4) is 0 Å². The van der Waals surface area contributed by atoms with Crippen LogP contribution in [0.3, 0.4) is 0 Å². The molecule has 0 aliphatic rings. The fourth-order valence-electron chi connectivity index (χ4n) is 2.92. The van der Waals surface area contributed by atoms with E-state index in [2.05, 4.69) is 10.3 Å². The van der Waals surface area contributed by atoms with Crippen molar-refractivity contribution in [2.75, 3.05) is 0 Å². The van der Waals surface area contributed by atoms with Crippen LogP contribution < -0.4 is 5.32 Å². The van der Waals surface area contributed by atoms with E-state index >= 15 is 0 Å². The lowest BCUT2D eigenvalue weighted by atomic mass is 9.95. The van der Waals surface area contributed by atoms with E-state index in [9.17, 15) is 22.4 Å². The Hall–Kier alpha value is -2.96. The molecule has 27 heavy (non-hydrogen) atoms. The zero-order valence-electron chi connectivity index (χ0n) is 14.3. The number of fused-ring (bicyclic) bond motifs is 1. The van der Waals surface area contributed by atoms with E-state index in [-0.39, 0.29) is 18.0 Å². The molecular formula is C20H16F4N2O. The molecule has 0 aliphatic heterocycles. The fraction of sp³-hybridized carbons (Fsp3) is 0.200. The summed E-state index contributed by atoms with van der Waals surface area (Å²) in [7, 11) is 0. The minimum absolute atomic E-state index is 0.0463. The van der Waals surface area contributed by atoms with Crippen LogP contribution >= 0.6 is 0 Å². The Balaban J connectivity index is 1.77. The standard InChI is InChI=1S/C20H16F4N2O/c1-12(17-4-2-3-14-11-25-6-5-18(14)17)19(27)26-10-13-7-15(20(22,23)24)9-16(21)8-13/h2-9,11-12H,10H2,1H3,(H,26,27). The van der Waals surface area contributed by atoms with Gasteiger partial charge in [0.1, 0.15) is 5.82 Å². The van der Waals surface area contributed by atoms with Gasteiger partial charge < -0.3 is 5.32 Å². The minimum atomic E-state index is -4.65. The number of benzene rings is 2. The molecule has 0 saturated heterocycles. The van der Waals surface area contributed by atoms with Crippen LogP contribution in [0.15, 0.2) is 54.9 Å². The molecule has 0 radical (unpaired) electrons. The van der Waals surface area contributed by atoms with Crippen molar-refractivity contribution in [2.45, 2.75) is 25.6 Å². The molecule has 0 bridgehead atoms. The summed E-state index contributed by atoms with van der Waals surface area (Å²) in [5.74, 6) is -1.90. The highest BCUT2D eigenvalue weighted by Gasteiger charge is 2.31. The maximum Gasteiger partial charge on any atom is 0.416 e. The first-order valence-electron chi connectivity index (χ1n) is 8.23. The number of aromatic nitrogens is 1. The van der Waals surface area contributed by atoms with Crippen LogP contribution in [-0.2, 0) is 17.5 Å². The third-order valence-corrected chi connectivity index (χ3v) is 4.33. The van der Waals surface area contributed by atoms with Crippen LogP contribution in [0.5, 0.6) is 0 Å². The molecular weight excluding hydrogens is 360 g/mol. The Kier molecular flexibility index (Phi) is 5.12. The third kappa shape index (κ3) is 4.24. The number of halogens is 4. The summed E-state index contributed by atoms with van der Waals surface area (Å²) in [6.07, 6.45) is -1.33. The summed E-state index contributed by atoms with van der Waals surface area (Å²) in [4.78, 5) is 16.5. The number of nitrogens with one attached hydrogen (secondary N) is 1. The number of rotatable bonds is 4. The van der Waals surface area contributed by atoms with Gasteiger partial charge in [-0.25, -0.2) is 4.39 Å². The number of hydrogen-bond donors (Lipinski definition) is 1. The lowest BCUT2D eigenvalue weighted by molar-refractivity contribution is -0.137. The van der Waals surface area contributed by atoms with Gasteiger partial charge in [0.05, 0.1) is 11.5 Å². The van der Waals surface area contributed by atoms with E-state index in [1.165, 1.54) is 0 Å². The molecule has 2 aromatic carbocycles. The SMILES string of the molecule is CC(C(=O)NCc1cc(F)cc(C(F)(F)F)c1)c1cccc2cnccc12. The summed E-state index contributed by atoms with van der Waals surface area (Å²) < 4.78 is 51.8. The van der Waals surface area contributed by atoms with Gasteiger partial charge in [0.2, 0.25) is 5.91 Å². The molecule has 0 spiro atoms. The Bertz CT molecular complexity index is 980. The summed E-state index contributed by atoms with van der Waals surface area (Å²) in [6, 6.07) is 9.54. The van der Waals surface area contributed by atoms with Gasteiger partial charge >= 0.3 is 6.18 Å². The molecule has 140 valence electrons. The van der Waals surface area contributed by atoms with E-state index in [0.29, 0.717) is 6.07 Å². The van der Waals surface area contributed by atoms with Crippen LogP contribution in [0.2, 0.25) is 0 Å². The van der Waals surface area contributed by atoms with Crippen molar-refractivity contribution >= 4 is 16.7 Å². The van der Waals surface area contributed by atoms with Crippen LogP contribution in [0.25, 0.3) is 10.8 Å². The molecule has 0 fully saturated rings. The molecule has 0 aliphatic carbocycles. The summed E-state index contributed by atoms with van der Waals surface area (Å²) in [5.41, 5.74) is -0.256. The zero-order chi connectivity index (χ0) is 19.6. The molecule has 1 aromatic heterocycles. The van der Waals surface area contributed by atoms with Crippen LogP contribution in [-0.4, -0.2) is 10.9 Å². The zero-order valence-corrected chi connectivity index (χ0v) is 14.3. The monoisotopic (exact) mass is 376 g/mol. The molecule has 1 N–H and O–H groups in total. The van der Waals surface area contributed by atoms with Gasteiger partial charge in [0.25, 0.3) is 0 Å². The van der Waals surface area contributed by atoms with Gasteiger partial charge in [-0.15, -0.1) is 0 Å². The first-order chi connectivity index (χ1) is 12.8. The van der Waals surface area contributed by atoms with E-state index in [0.717, 1.165) is 28.5 Å². The van der Waals surface area contributed by atoms with Crippen molar-refractivity contribution in [2.24, 2.45) is 0 Å². The smallest absolute Gasteiger partial charge is 0.352 e. The van der Waals surface area contributed by atoms with Crippen LogP contribution in [0, 0.1) is 5.82 Å². The van der Waals surface area contributed by atoms with E-state index < -0.39 is 23.5 Å². The van der Waals surface area contributed by atoms with Crippen LogP contribution in [0.1, 0.15) is 29.5 Å². The lowest BCUT2D eigenvalue weighted by Gasteiger charge is -2.15. The van der Waals surface area contributed by atoms with Crippen molar-refractivity contribution in [1.29, 1.82) is 0 Å². The van der Waals surface area contributed by atoms with Crippen molar-refractivity contribution < 1.29 is 22.4 Å². The predicted molar refractivity (Wildman–Crippen MR) is 93.4 cm³/mol. The molecule has 1 heterocycles. The second-order valence-corrected chi connectivity index (χ2v) is 6.23. The van der Waals surface area contributed by atoms with Crippen molar-refractivity contribution in [3.63, 3.8) is 0 Å². The normalized spacial score (nSPS) is 12.8. The Morgan fingerprint density at radius 2 is 1.96 bits per heavy atom. The van der Waals surface area contributed by atoms with E-state index in [4.69, 9.17) is 0 Å². The second kappa shape index (κ2) is 7.34. The van der Waals surface area contributed by atoms with Gasteiger partial charge in [-0.2, -0.15) is 13.2 Å². The quantitative estimate of drug-likeness (QED) is 0.664. The molecule has 3 nitrogen and oxygen atoms in total. The highest BCUT2D eigenvalue weighted by Crippen LogP contribution is 2.30. The molecule has 0 saturated carbocycles. The largest absolute Gasteiger partial charge is 0.416 e. The first kappa shape index (κ1) is 18.8. The molecule has 7 heteroatoms. The van der Waals surface area contributed by atoms with Gasteiger partial charge in [-0.1, -0.05) is 18.2 Å². The number of amides is 1. The van der Waals surface area contributed by atoms with E-state index in [1.807, 2.05) is 18.2 Å². The molecule has 3 rings (SSSR count). The average Bonchev–Trinajstić information content (AvgIpc) is 2.64. The minimum Gasteiger partial charge on any atom is -0.352 e. The lowest BCUT2D eigenvalue weighted by Crippen LogP contribution is -2.27. The molecule has 1 unspecified atom stereocenters. The number of pyridine rings is 1. The third-order valence-electron chi connectivity index (χ3n) is 4.33. The Morgan fingerprint density at radius 3 is 2.70 bits per heavy atom. The highest BCUT2D eigenvalue weighted by molar-refractivity contribution is 5.92. The Labute approximate surface area is 153 Å². The fourth-order valence-corrected chi connectivity index (χ4v) is 2.92. The Morgan fingerprint density at radius 1 is 1.19 bits per heavy atom. The summed E-state index contributed by atoms with van der Waals surface area (Å²) in [6.45, 7) is 1.51. The maximum atomic E-state index is 13.5. The number of hydrogen-bond acceptors (Lipinski definition) is 2. The van der Waals surface area contributed by atoms with Crippen LogP contribution in [0.4, 0.5) is 17.6 Å². The summed E-state index contributed by atoms with van der Waals surface area (Å²) >= 11 is 0. The van der Waals surface area contributed by atoms with Gasteiger partial charge in [0.15, 0.2) is 0 Å². The number of carbonyl (C=O) groups excluding carboxylic acids is 1. The predicted octanol–water partition coefficient (Wildman–Crippen LogP) is 4.81.